The van der Waals surface area contributed by atoms with E-state index in [4.69, 9.17) is 11.6 Å². The zero-order chi connectivity index (χ0) is 11.8. The van der Waals surface area contributed by atoms with E-state index in [1.165, 1.54) is 18.5 Å². The maximum Gasteiger partial charge on any atom is 0.224 e. The summed E-state index contributed by atoms with van der Waals surface area (Å²) in [6.07, 6.45) is 4.14. The average molecular weight is 250 g/mol. The Kier molecular flexibility index (Phi) is 2.48. The maximum atomic E-state index is 5.76. The van der Waals surface area contributed by atoms with Crippen LogP contribution < -0.4 is 4.90 Å². The molecular weight excluding hydrogens is 238 g/mol. The summed E-state index contributed by atoms with van der Waals surface area (Å²) in [5, 5.41) is 7.59. The first kappa shape index (κ1) is 10.5. The molecule has 5 nitrogen and oxygen atoms in total. The lowest BCUT2D eigenvalue weighted by Crippen LogP contribution is -2.11. The normalized spacial score (nSPS) is 14.9. The molecule has 1 aliphatic carbocycles. The molecule has 1 N–H and O–H groups in total. The van der Waals surface area contributed by atoms with Crippen molar-refractivity contribution >= 4 is 23.2 Å². The van der Waals surface area contributed by atoms with E-state index in [0.29, 0.717) is 5.92 Å². The summed E-state index contributed by atoms with van der Waals surface area (Å²) in [5.74, 6) is 2.25. The van der Waals surface area contributed by atoms with Crippen LogP contribution >= 0.6 is 11.6 Å². The first-order valence-electron chi connectivity index (χ1n) is 5.51. The molecule has 1 saturated carbocycles. The topological polar surface area (TPSA) is 57.7 Å². The molecule has 2 aromatic heterocycles. The lowest BCUT2D eigenvalue weighted by Gasteiger charge is -2.14. The van der Waals surface area contributed by atoms with Crippen LogP contribution in [0.1, 0.15) is 24.5 Å². The molecule has 1 aliphatic rings. The second kappa shape index (κ2) is 4.00. The molecule has 2 heterocycles. The highest BCUT2D eigenvalue weighted by Gasteiger charge is 2.26. The van der Waals surface area contributed by atoms with Gasteiger partial charge in [0.1, 0.15) is 5.82 Å². The Bertz CT molecular complexity index is 534. The van der Waals surface area contributed by atoms with E-state index in [0.717, 1.165) is 11.6 Å². The molecule has 17 heavy (non-hydrogen) atoms. The summed E-state index contributed by atoms with van der Waals surface area (Å²) >= 11 is 5.76. The predicted octanol–water partition coefficient (Wildman–Crippen LogP) is 2.50. The van der Waals surface area contributed by atoms with Crippen LogP contribution in [-0.2, 0) is 0 Å². The van der Waals surface area contributed by atoms with Gasteiger partial charge in [-0.2, -0.15) is 5.10 Å². The number of rotatable bonds is 3. The summed E-state index contributed by atoms with van der Waals surface area (Å²) in [4.78, 5) is 9.89. The summed E-state index contributed by atoms with van der Waals surface area (Å²) in [6, 6.07) is 3.87. The van der Waals surface area contributed by atoms with E-state index in [1.54, 1.807) is 12.3 Å². The second-order valence-corrected chi connectivity index (χ2v) is 4.54. The minimum Gasteiger partial charge on any atom is -0.313 e. The van der Waals surface area contributed by atoms with Crippen molar-refractivity contribution in [3.05, 3.63) is 29.3 Å². The van der Waals surface area contributed by atoms with Gasteiger partial charge in [-0.15, -0.1) is 0 Å². The van der Waals surface area contributed by atoms with Crippen LogP contribution in [-0.4, -0.2) is 27.2 Å². The SMILES string of the molecule is CN(c1cc(C2CC2)[nH]n1)c1ccnc(Cl)n1. The average Bonchev–Trinajstić information content (AvgIpc) is 3.07. The number of aromatic amines is 1. The zero-order valence-corrected chi connectivity index (χ0v) is 10.1. The zero-order valence-electron chi connectivity index (χ0n) is 9.39. The van der Waals surface area contributed by atoms with Crippen molar-refractivity contribution in [1.29, 1.82) is 0 Å². The minimum absolute atomic E-state index is 0.243. The summed E-state index contributed by atoms with van der Waals surface area (Å²) in [7, 11) is 1.91. The van der Waals surface area contributed by atoms with Crippen LogP contribution in [0.15, 0.2) is 18.3 Å². The Hall–Kier alpha value is -1.62. The van der Waals surface area contributed by atoms with Crippen molar-refractivity contribution in [2.75, 3.05) is 11.9 Å². The van der Waals surface area contributed by atoms with Crippen molar-refractivity contribution in [3.63, 3.8) is 0 Å². The molecular formula is C11H12ClN5. The molecule has 0 bridgehead atoms. The standard InChI is InChI=1S/C11H12ClN5/c1-17(9-4-5-13-11(12)14-9)10-6-8(15-16-10)7-2-3-7/h4-7H,2-3H2,1H3,(H,15,16). The van der Waals surface area contributed by atoms with Crippen molar-refractivity contribution in [2.24, 2.45) is 0 Å². The minimum atomic E-state index is 0.243. The van der Waals surface area contributed by atoms with Crippen LogP contribution in [0.3, 0.4) is 0 Å². The van der Waals surface area contributed by atoms with Gasteiger partial charge in [-0.25, -0.2) is 9.97 Å². The Morgan fingerprint density at radius 3 is 2.94 bits per heavy atom. The highest BCUT2D eigenvalue weighted by molar-refractivity contribution is 6.28. The van der Waals surface area contributed by atoms with E-state index < -0.39 is 0 Å². The molecule has 0 atom stereocenters. The highest BCUT2D eigenvalue weighted by Crippen LogP contribution is 2.40. The molecule has 1 fully saturated rings. The number of nitrogens with zero attached hydrogens (tertiary/aromatic N) is 4. The number of aromatic nitrogens is 4. The molecule has 0 aromatic carbocycles. The fraction of sp³-hybridized carbons (Fsp3) is 0.364. The van der Waals surface area contributed by atoms with E-state index in [9.17, 15) is 0 Å². The molecule has 88 valence electrons. The first-order chi connectivity index (χ1) is 8.24. The van der Waals surface area contributed by atoms with Gasteiger partial charge in [-0.3, -0.25) is 5.10 Å². The van der Waals surface area contributed by atoms with E-state index in [2.05, 4.69) is 26.2 Å². The van der Waals surface area contributed by atoms with E-state index >= 15 is 0 Å². The molecule has 0 amide bonds. The maximum absolute atomic E-state index is 5.76. The number of hydrogen-bond donors (Lipinski definition) is 1. The molecule has 3 rings (SSSR count). The van der Waals surface area contributed by atoms with Crippen molar-refractivity contribution in [1.82, 2.24) is 20.2 Å². The fourth-order valence-electron chi connectivity index (χ4n) is 1.73. The second-order valence-electron chi connectivity index (χ2n) is 4.20. The van der Waals surface area contributed by atoms with Gasteiger partial charge in [0.15, 0.2) is 5.82 Å². The number of H-pyrrole nitrogens is 1. The third-order valence-electron chi connectivity index (χ3n) is 2.90. The van der Waals surface area contributed by atoms with Gasteiger partial charge in [0.25, 0.3) is 0 Å². The monoisotopic (exact) mass is 249 g/mol. The van der Waals surface area contributed by atoms with Crippen molar-refractivity contribution in [3.8, 4) is 0 Å². The molecule has 0 unspecified atom stereocenters. The van der Waals surface area contributed by atoms with Gasteiger partial charge < -0.3 is 4.90 Å². The Morgan fingerprint density at radius 1 is 1.41 bits per heavy atom. The lowest BCUT2D eigenvalue weighted by atomic mass is 10.3. The van der Waals surface area contributed by atoms with Gasteiger partial charge in [-0.05, 0) is 30.5 Å². The van der Waals surface area contributed by atoms with Crippen LogP contribution in [0.5, 0.6) is 0 Å². The van der Waals surface area contributed by atoms with Gasteiger partial charge in [0.05, 0.1) is 0 Å². The van der Waals surface area contributed by atoms with Crippen LogP contribution in [0.2, 0.25) is 5.28 Å². The van der Waals surface area contributed by atoms with Crippen molar-refractivity contribution < 1.29 is 0 Å². The smallest absolute Gasteiger partial charge is 0.224 e. The number of anilines is 2. The van der Waals surface area contributed by atoms with E-state index in [1.807, 2.05) is 11.9 Å². The quantitative estimate of drug-likeness (QED) is 0.850. The Morgan fingerprint density at radius 2 is 2.24 bits per heavy atom. The summed E-state index contributed by atoms with van der Waals surface area (Å²) in [5.41, 5.74) is 1.20. The van der Waals surface area contributed by atoms with Gasteiger partial charge in [-0.1, -0.05) is 0 Å². The third-order valence-corrected chi connectivity index (χ3v) is 3.08. The fourth-order valence-corrected chi connectivity index (χ4v) is 1.87. The Labute approximate surface area is 104 Å². The molecule has 0 aliphatic heterocycles. The van der Waals surface area contributed by atoms with Crippen LogP contribution in [0.4, 0.5) is 11.6 Å². The van der Waals surface area contributed by atoms with Crippen LogP contribution in [0.25, 0.3) is 0 Å². The molecule has 0 radical (unpaired) electrons. The molecule has 2 aromatic rings. The number of nitrogens with one attached hydrogen (secondary N) is 1. The molecule has 0 saturated heterocycles. The summed E-state index contributed by atoms with van der Waals surface area (Å²) in [6.45, 7) is 0. The van der Waals surface area contributed by atoms with Gasteiger partial charge >= 0.3 is 0 Å². The molecule has 6 heteroatoms. The highest BCUT2D eigenvalue weighted by atomic mass is 35.5. The lowest BCUT2D eigenvalue weighted by molar-refractivity contribution is 0.953. The Balaban J connectivity index is 1.86. The summed E-state index contributed by atoms with van der Waals surface area (Å²) < 4.78 is 0. The van der Waals surface area contributed by atoms with Gasteiger partial charge in [0.2, 0.25) is 5.28 Å². The first-order valence-corrected chi connectivity index (χ1v) is 5.89. The third kappa shape index (κ3) is 2.10. The van der Waals surface area contributed by atoms with E-state index in [-0.39, 0.29) is 5.28 Å². The number of hydrogen-bond acceptors (Lipinski definition) is 4. The largest absolute Gasteiger partial charge is 0.313 e. The van der Waals surface area contributed by atoms with Crippen LogP contribution in [0, 0.1) is 0 Å². The predicted molar refractivity (Wildman–Crippen MR) is 65.7 cm³/mol. The molecule has 0 spiro atoms. The van der Waals surface area contributed by atoms with Crippen molar-refractivity contribution in [2.45, 2.75) is 18.8 Å². The van der Waals surface area contributed by atoms with Gasteiger partial charge in [0, 0.05) is 30.9 Å². The number of halogens is 1.